The summed E-state index contributed by atoms with van der Waals surface area (Å²) in [6, 6.07) is 8.34. The Kier molecular flexibility index (Phi) is 7.41. The monoisotopic (exact) mass is 458 g/mol. The number of thiazole rings is 1. The molecule has 0 saturated carbocycles. The number of guanidine groups is 1. The van der Waals surface area contributed by atoms with Crippen molar-refractivity contribution in [2.45, 2.75) is 32.2 Å². The van der Waals surface area contributed by atoms with Crippen LogP contribution in [0.2, 0.25) is 0 Å². The highest BCUT2D eigenvalue weighted by Gasteiger charge is 2.32. The number of carboxylic acids is 1. The number of carbonyl (C=O) groups excluding carboxylic acids is 2. The molecule has 0 radical (unpaired) electrons. The first-order valence-corrected chi connectivity index (χ1v) is 11.0. The highest BCUT2D eigenvalue weighted by atomic mass is 32.1. The molecule has 3 rings (SSSR count). The Morgan fingerprint density at radius 1 is 1.34 bits per heavy atom. The van der Waals surface area contributed by atoms with Crippen molar-refractivity contribution in [1.82, 2.24) is 15.2 Å². The summed E-state index contributed by atoms with van der Waals surface area (Å²) in [6.07, 6.45) is 1.05. The van der Waals surface area contributed by atoms with Gasteiger partial charge in [0.15, 0.2) is 11.1 Å². The minimum Gasteiger partial charge on any atom is -0.481 e. The zero-order valence-electron chi connectivity index (χ0n) is 17.6. The molecule has 2 atom stereocenters. The second-order valence-electron chi connectivity index (χ2n) is 7.63. The number of aliphatic carboxylic acids is 1. The molecule has 2 unspecified atom stereocenters. The predicted molar refractivity (Wildman–Crippen MR) is 121 cm³/mol. The topological polar surface area (TPSA) is 162 Å². The number of rotatable bonds is 7. The van der Waals surface area contributed by atoms with Gasteiger partial charge in [-0.05, 0) is 25.3 Å². The maximum atomic E-state index is 13.1. The standard InChI is InChI=1S/C21H26N6O4S/c1-12-17(32-21(24-12)26-20(22)23)19(31)27-9-5-8-14(11-27)18(30)25-15(10-16(28)29)13-6-3-2-4-7-13/h2-4,6-7,14-15H,5,8-11H2,1H3,(H,25,30)(H,28,29)(H4,22,23,24,26). The van der Waals surface area contributed by atoms with E-state index in [0.29, 0.717) is 35.1 Å². The van der Waals surface area contributed by atoms with Crippen LogP contribution in [-0.2, 0) is 9.59 Å². The lowest BCUT2D eigenvalue weighted by Gasteiger charge is -2.32. The van der Waals surface area contributed by atoms with Crippen LogP contribution >= 0.6 is 11.3 Å². The molecule has 2 heterocycles. The maximum Gasteiger partial charge on any atom is 0.305 e. The van der Waals surface area contributed by atoms with Crippen molar-refractivity contribution in [3.8, 4) is 0 Å². The van der Waals surface area contributed by atoms with E-state index < -0.39 is 17.9 Å². The Hall–Kier alpha value is -3.47. The number of amides is 2. The van der Waals surface area contributed by atoms with Crippen LogP contribution in [0.15, 0.2) is 30.3 Å². The van der Waals surface area contributed by atoms with Gasteiger partial charge in [-0.15, -0.1) is 0 Å². The molecule has 11 heteroatoms. The quantitative estimate of drug-likeness (QED) is 0.313. The fourth-order valence-electron chi connectivity index (χ4n) is 3.68. The molecule has 170 valence electrons. The highest BCUT2D eigenvalue weighted by Crippen LogP contribution is 2.27. The van der Waals surface area contributed by atoms with Crippen molar-refractivity contribution >= 4 is 40.2 Å². The number of aryl methyl sites for hydroxylation is 1. The number of aromatic nitrogens is 1. The van der Waals surface area contributed by atoms with E-state index in [0.717, 1.165) is 16.9 Å². The molecular weight excluding hydrogens is 432 g/mol. The van der Waals surface area contributed by atoms with Gasteiger partial charge in [0, 0.05) is 13.1 Å². The van der Waals surface area contributed by atoms with Crippen LogP contribution in [0.3, 0.4) is 0 Å². The number of carboxylic acid groups (broad SMARTS) is 1. The lowest BCUT2D eigenvalue weighted by atomic mass is 9.95. The van der Waals surface area contributed by atoms with E-state index in [9.17, 15) is 19.5 Å². The van der Waals surface area contributed by atoms with E-state index in [1.54, 1.807) is 36.1 Å². The van der Waals surface area contributed by atoms with Gasteiger partial charge in [0.05, 0.1) is 24.1 Å². The smallest absolute Gasteiger partial charge is 0.305 e. The van der Waals surface area contributed by atoms with Crippen molar-refractivity contribution in [3.05, 3.63) is 46.5 Å². The molecule has 1 aromatic heterocycles. The second kappa shape index (κ2) is 10.2. The van der Waals surface area contributed by atoms with E-state index in [2.05, 4.69) is 15.6 Å². The highest BCUT2D eigenvalue weighted by molar-refractivity contribution is 7.17. The lowest BCUT2D eigenvalue weighted by molar-refractivity contribution is -0.138. The fourth-order valence-corrected chi connectivity index (χ4v) is 4.63. The van der Waals surface area contributed by atoms with Gasteiger partial charge in [0.2, 0.25) is 5.91 Å². The van der Waals surface area contributed by atoms with E-state index >= 15 is 0 Å². The van der Waals surface area contributed by atoms with Gasteiger partial charge in [-0.1, -0.05) is 41.7 Å². The summed E-state index contributed by atoms with van der Waals surface area (Å²) >= 11 is 1.11. The van der Waals surface area contributed by atoms with Crippen LogP contribution < -0.4 is 16.4 Å². The van der Waals surface area contributed by atoms with Crippen molar-refractivity contribution in [1.29, 1.82) is 5.41 Å². The number of nitrogens with two attached hydrogens (primary N) is 1. The van der Waals surface area contributed by atoms with E-state index in [1.807, 2.05) is 6.07 Å². The Morgan fingerprint density at radius 2 is 2.06 bits per heavy atom. The summed E-state index contributed by atoms with van der Waals surface area (Å²) in [4.78, 5) is 43.6. The summed E-state index contributed by atoms with van der Waals surface area (Å²) in [7, 11) is 0. The zero-order chi connectivity index (χ0) is 23.3. The van der Waals surface area contributed by atoms with Crippen molar-refractivity contribution in [2.75, 3.05) is 18.4 Å². The zero-order valence-corrected chi connectivity index (χ0v) is 18.4. The molecule has 6 N–H and O–H groups in total. The van der Waals surface area contributed by atoms with Crippen molar-refractivity contribution in [2.24, 2.45) is 11.7 Å². The maximum absolute atomic E-state index is 13.1. The molecule has 0 spiro atoms. The third-order valence-corrected chi connectivity index (χ3v) is 6.27. The lowest BCUT2D eigenvalue weighted by Crippen LogP contribution is -2.46. The first-order valence-electron chi connectivity index (χ1n) is 10.2. The molecule has 0 bridgehead atoms. The number of nitrogens with zero attached hydrogens (tertiary/aromatic N) is 2. The molecule has 32 heavy (non-hydrogen) atoms. The van der Waals surface area contributed by atoms with Crippen LogP contribution in [0.4, 0.5) is 5.13 Å². The average molecular weight is 459 g/mol. The number of benzene rings is 1. The van der Waals surface area contributed by atoms with E-state index in [1.165, 1.54) is 0 Å². The number of carbonyl (C=O) groups is 3. The molecule has 1 aromatic carbocycles. The van der Waals surface area contributed by atoms with E-state index in [-0.39, 0.29) is 30.7 Å². The van der Waals surface area contributed by atoms with Gasteiger partial charge < -0.3 is 26.4 Å². The SMILES string of the molecule is Cc1nc(NC(=N)N)sc1C(=O)N1CCCC(C(=O)NC(CC(=O)O)c2ccccc2)C1. The van der Waals surface area contributed by atoms with Gasteiger partial charge in [-0.2, -0.15) is 0 Å². The average Bonchev–Trinajstić information content (AvgIpc) is 3.12. The van der Waals surface area contributed by atoms with Crippen LogP contribution in [0.1, 0.15) is 46.2 Å². The van der Waals surface area contributed by atoms with Crippen LogP contribution in [0.25, 0.3) is 0 Å². The van der Waals surface area contributed by atoms with Crippen LogP contribution in [0.5, 0.6) is 0 Å². The number of hydrogen-bond acceptors (Lipinski definition) is 6. The molecular formula is C21H26N6O4S. The molecule has 1 aliphatic heterocycles. The van der Waals surface area contributed by atoms with Crippen molar-refractivity contribution in [3.63, 3.8) is 0 Å². The van der Waals surface area contributed by atoms with Crippen LogP contribution in [0, 0.1) is 18.3 Å². The summed E-state index contributed by atoms with van der Waals surface area (Å²) in [5.74, 6) is -2.19. The third-order valence-electron chi connectivity index (χ3n) is 5.21. The predicted octanol–water partition coefficient (Wildman–Crippen LogP) is 1.94. The number of hydrogen-bond donors (Lipinski definition) is 5. The molecule has 1 aliphatic rings. The Morgan fingerprint density at radius 3 is 2.72 bits per heavy atom. The third kappa shape index (κ3) is 5.82. The van der Waals surface area contributed by atoms with Gasteiger partial charge in [-0.3, -0.25) is 19.8 Å². The number of anilines is 1. The Balaban J connectivity index is 1.68. The largest absolute Gasteiger partial charge is 0.481 e. The van der Waals surface area contributed by atoms with Gasteiger partial charge >= 0.3 is 5.97 Å². The normalized spacial score (nSPS) is 16.8. The Bertz CT molecular complexity index is 1010. The van der Waals surface area contributed by atoms with Crippen molar-refractivity contribution < 1.29 is 19.5 Å². The fraction of sp³-hybridized carbons (Fsp3) is 0.381. The molecule has 1 fully saturated rings. The molecule has 10 nitrogen and oxygen atoms in total. The summed E-state index contributed by atoms with van der Waals surface area (Å²) in [5, 5.41) is 22.4. The minimum absolute atomic E-state index is 0.223. The summed E-state index contributed by atoms with van der Waals surface area (Å²) in [5.41, 5.74) is 6.58. The van der Waals surface area contributed by atoms with Gasteiger partial charge in [-0.25, -0.2) is 4.98 Å². The van der Waals surface area contributed by atoms with Gasteiger partial charge in [0.25, 0.3) is 5.91 Å². The molecule has 2 amide bonds. The van der Waals surface area contributed by atoms with E-state index in [4.69, 9.17) is 11.1 Å². The Labute approximate surface area is 189 Å². The number of likely N-dealkylation sites (tertiary alicyclic amines) is 1. The number of nitrogens with one attached hydrogen (secondary N) is 3. The minimum atomic E-state index is -1.00. The molecule has 1 saturated heterocycles. The second-order valence-corrected chi connectivity index (χ2v) is 8.63. The first kappa shape index (κ1) is 23.2. The summed E-state index contributed by atoms with van der Waals surface area (Å²) in [6.45, 7) is 2.47. The number of piperidine rings is 1. The molecule has 0 aliphatic carbocycles. The molecule has 2 aromatic rings. The van der Waals surface area contributed by atoms with Gasteiger partial charge in [0.1, 0.15) is 4.88 Å². The summed E-state index contributed by atoms with van der Waals surface area (Å²) < 4.78 is 0. The van der Waals surface area contributed by atoms with Crippen LogP contribution in [-0.4, -0.2) is 51.8 Å². The first-order chi connectivity index (χ1) is 15.2.